The van der Waals surface area contributed by atoms with Gasteiger partial charge in [0.1, 0.15) is 0 Å². The highest BCUT2D eigenvalue weighted by atomic mass is 32.1. The lowest BCUT2D eigenvalue weighted by atomic mass is 10.1. The first-order valence-corrected chi connectivity index (χ1v) is 7.59. The van der Waals surface area contributed by atoms with Crippen molar-refractivity contribution in [2.75, 3.05) is 13.2 Å². The maximum atomic E-state index is 8.69. The molecule has 1 aromatic rings. The van der Waals surface area contributed by atoms with Gasteiger partial charge in [-0.1, -0.05) is 11.8 Å². The van der Waals surface area contributed by atoms with E-state index in [9.17, 15) is 0 Å². The molecule has 2 atom stereocenters. The number of nitrogens with zero attached hydrogens (tertiary/aromatic N) is 1. The van der Waals surface area contributed by atoms with Gasteiger partial charge in [0, 0.05) is 30.4 Å². The van der Waals surface area contributed by atoms with Crippen LogP contribution in [0.5, 0.6) is 0 Å². The molecular weight excluding hydrogens is 242 g/mol. The third-order valence-corrected chi connectivity index (χ3v) is 4.98. The molecule has 3 rings (SSSR count). The standard InChI is InChI=1S/C15H19NOS/c17-8-2-1-3-14-6-7-15(18-14)11-16-10-12-4-5-13(16)9-12/h6-7,12-13,17H,2,4-5,8-11H2. The van der Waals surface area contributed by atoms with Gasteiger partial charge in [0.2, 0.25) is 0 Å². The summed E-state index contributed by atoms with van der Waals surface area (Å²) < 4.78 is 0. The van der Waals surface area contributed by atoms with Gasteiger partial charge >= 0.3 is 0 Å². The molecule has 2 bridgehead atoms. The Labute approximate surface area is 113 Å². The van der Waals surface area contributed by atoms with Crippen molar-refractivity contribution in [1.29, 1.82) is 0 Å². The van der Waals surface area contributed by atoms with Crippen molar-refractivity contribution in [3.63, 3.8) is 0 Å². The minimum absolute atomic E-state index is 0.155. The van der Waals surface area contributed by atoms with Gasteiger partial charge in [-0.25, -0.2) is 0 Å². The summed E-state index contributed by atoms with van der Waals surface area (Å²) >= 11 is 1.80. The highest BCUT2D eigenvalue weighted by Gasteiger charge is 2.37. The van der Waals surface area contributed by atoms with Crippen LogP contribution in [0.1, 0.15) is 35.4 Å². The molecule has 1 saturated heterocycles. The molecule has 0 amide bonds. The van der Waals surface area contributed by atoms with Gasteiger partial charge in [-0.2, -0.15) is 0 Å². The Hall–Kier alpha value is -0.820. The van der Waals surface area contributed by atoms with Gasteiger partial charge in [-0.05, 0) is 37.3 Å². The summed E-state index contributed by atoms with van der Waals surface area (Å²) in [7, 11) is 0. The average Bonchev–Trinajstić information content (AvgIpc) is 3.06. The normalized spacial score (nSPS) is 26.3. The predicted molar refractivity (Wildman–Crippen MR) is 74.4 cm³/mol. The Morgan fingerprint density at radius 1 is 1.39 bits per heavy atom. The molecule has 2 unspecified atom stereocenters. The van der Waals surface area contributed by atoms with Crippen molar-refractivity contribution in [3.05, 3.63) is 21.9 Å². The summed E-state index contributed by atoms with van der Waals surface area (Å²) in [6, 6.07) is 5.17. The van der Waals surface area contributed by atoms with Crippen LogP contribution in [0, 0.1) is 17.8 Å². The molecule has 2 aliphatic rings. The Kier molecular flexibility index (Phi) is 3.69. The lowest BCUT2D eigenvalue weighted by Crippen LogP contribution is -2.30. The second-order valence-corrected chi connectivity index (χ2v) is 6.47. The van der Waals surface area contributed by atoms with Gasteiger partial charge < -0.3 is 5.11 Å². The smallest absolute Gasteiger partial charge is 0.0771 e. The number of fused-ring (bicyclic) bond motifs is 2. The van der Waals surface area contributed by atoms with Gasteiger partial charge in [0.05, 0.1) is 11.5 Å². The molecular formula is C15H19NOS. The van der Waals surface area contributed by atoms with E-state index in [0.29, 0.717) is 6.42 Å². The van der Waals surface area contributed by atoms with Crippen LogP contribution in [0.15, 0.2) is 12.1 Å². The van der Waals surface area contributed by atoms with Crippen LogP contribution in [0.2, 0.25) is 0 Å². The van der Waals surface area contributed by atoms with Crippen molar-refractivity contribution in [3.8, 4) is 11.8 Å². The van der Waals surface area contributed by atoms with Crippen LogP contribution in [-0.4, -0.2) is 29.2 Å². The molecule has 1 aliphatic heterocycles. The number of aliphatic hydroxyl groups excluding tert-OH is 1. The minimum atomic E-state index is 0.155. The van der Waals surface area contributed by atoms with E-state index >= 15 is 0 Å². The Morgan fingerprint density at radius 2 is 2.33 bits per heavy atom. The molecule has 18 heavy (non-hydrogen) atoms. The average molecular weight is 261 g/mol. The van der Waals surface area contributed by atoms with Crippen LogP contribution in [0.4, 0.5) is 0 Å². The molecule has 1 aliphatic carbocycles. The molecule has 3 heteroatoms. The van der Waals surface area contributed by atoms with E-state index in [-0.39, 0.29) is 6.61 Å². The molecule has 1 aromatic heterocycles. The van der Waals surface area contributed by atoms with Crippen molar-refractivity contribution >= 4 is 11.3 Å². The van der Waals surface area contributed by atoms with E-state index in [0.717, 1.165) is 23.4 Å². The van der Waals surface area contributed by atoms with E-state index < -0.39 is 0 Å². The van der Waals surface area contributed by atoms with E-state index in [1.807, 2.05) is 0 Å². The lowest BCUT2D eigenvalue weighted by Gasteiger charge is -2.25. The molecule has 2 heterocycles. The summed E-state index contributed by atoms with van der Waals surface area (Å²) in [6.07, 6.45) is 4.85. The zero-order valence-electron chi connectivity index (χ0n) is 10.6. The third-order valence-electron chi connectivity index (χ3n) is 3.99. The number of aliphatic hydroxyl groups is 1. The van der Waals surface area contributed by atoms with Gasteiger partial charge in [-0.15, -0.1) is 11.3 Å². The summed E-state index contributed by atoms with van der Waals surface area (Å²) in [6.45, 7) is 2.56. The molecule has 1 saturated carbocycles. The fourth-order valence-electron chi connectivity index (χ4n) is 3.16. The first kappa shape index (κ1) is 12.2. The van der Waals surface area contributed by atoms with Crippen LogP contribution in [0.25, 0.3) is 0 Å². The molecule has 0 aromatic carbocycles. The molecule has 2 fully saturated rings. The predicted octanol–water partition coefficient (Wildman–Crippen LogP) is 2.47. The number of thiophene rings is 1. The highest BCUT2D eigenvalue weighted by molar-refractivity contribution is 7.12. The molecule has 0 spiro atoms. The van der Waals surface area contributed by atoms with Crippen molar-refractivity contribution < 1.29 is 5.11 Å². The maximum Gasteiger partial charge on any atom is 0.0771 e. The molecule has 0 radical (unpaired) electrons. The highest BCUT2D eigenvalue weighted by Crippen LogP contribution is 2.38. The van der Waals surface area contributed by atoms with Gasteiger partial charge in [-0.3, -0.25) is 4.90 Å². The molecule has 1 N–H and O–H groups in total. The van der Waals surface area contributed by atoms with E-state index in [2.05, 4.69) is 28.9 Å². The number of hydrogen-bond acceptors (Lipinski definition) is 3. The fourth-order valence-corrected chi connectivity index (χ4v) is 4.06. The summed E-state index contributed by atoms with van der Waals surface area (Å²) in [5, 5.41) is 8.69. The number of hydrogen-bond donors (Lipinski definition) is 1. The van der Waals surface area contributed by atoms with Gasteiger partial charge in [0.15, 0.2) is 0 Å². The summed E-state index contributed by atoms with van der Waals surface area (Å²) in [5.74, 6) is 7.07. The fraction of sp³-hybridized carbons (Fsp3) is 0.600. The largest absolute Gasteiger partial charge is 0.395 e. The first-order valence-electron chi connectivity index (χ1n) is 6.77. The quantitative estimate of drug-likeness (QED) is 0.845. The summed E-state index contributed by atoms with van der Waals surface area (Å²) in [4.78, 5) is 5.20. The lowest BCUT2D eigenvalue weighted by molar-refractivity contribution is 0.207. The Morgan fingerprint density at radius 3 is 3.06 bits per heavy atom. The topological polar surface area (TPSA) is 23.5 Å². The monoisotopic (exact) mass is 261 g/mol. The first-order chi connectivity index (χ1) is 8.85. The summed E-state index contributed by atoms with van der Waals surface area (Å²) in [5.41, 5.74) is 0. The Balaban J connectivity index is 1.59. The van der Waals surface area contributed by atoms with Crippen LogP contribution in [-0.2, 0) is 6.54 Å². The zero-order valence-corrected chi connectivity index (χ0v) is 11.4. The van der Waals surface area contributed by atoms with E-state index in [4.69, 9.17) is 5.11 Å². The second kappa shape index (κ2) is 5.44. The second-order valence-electron chi connectivity index (χ2n) is 5.30. The number of piperidine rings is 1. The third kappa shape index (κ3) is 2.61. The molecule has 2 nitrogen and oxygen atoms in total. The maximum absolute atomic E-state index is 8.69. The number of likely N-dealkylation sites (tertiary alicyclic amines) is 1. The van der Waals surface area contributed by atoms with Crippen LogP contribution < -0.4 is 0 Å². The van der Waals surface area contributed by atoms with Crippen molar-refractivity contribution in [2.24, 2.45) is 5.92 Å². The molecule has 96 valence electrons. The zero-order chi connectivity index (χ0) is 12.4. The number of rotatable bonds is 3. The van der Waals surface area contributed by atoms with Crippen molar-refractivity contribution in [2.45, 2.75) is 38.3 Å². The van der Waals surface area contributed by atoms with Crippen molar-refractivity contribution in [1.82, 2.24) is 4.90 Å². The van der Waals surface area contributed by atoms with Gasteiger partial charge in [0.25, 0.3) is 0 Å². The van der Waals surface area contributed by atoms with Crippen LogP contribution >= 0.6 is 11.3 Å². The van der Waals surface area contributed by atoms with E-state index in [1.54, 1.807) is 11.3 Å². The van der Waals surface area contributed by atoms with Crippen LogP contribution in [0.3, 0.4) is 0 Å². The van der Waals surface area contributed by atoms with E-state index in [1.165, 1.54) is 30.7 Å². The SMILES string of the molecule is OCCC#Cc1ccc(CN2CC3CCC2C3)s1. The minimum Gasteiger partial charge on any atom is -0.395 e. The Bertz CT molecular complexity index is 470.